The van der Waals surface area contributed by atoms with Crippen LogP contribution in [0.25, 0.3) is 0 Å². The first-order valence-electron chi connectivity index (χ1n) is 9.13. The molecule has 0 saturated heterocycles. The Hall–Kier alpha value is -3.39. The van der Waals surface area contributed by atoms with Crippen LogP contribution in [0.15, 0.2) is 47.0 Å². The molecule has 0 aliphatic carbocycles. The molecular weight excluding hydrogens is 355 g/mol. The molecule has 28 heavy (non-hydrogen) atoms. The molecule has 1 aliphatic rings. The zero-order valence-electron chi connectivity index (χ0n) is 15.8. The van der Waals surface area contributed by atoms with Gasteiger partial charge in [0.2, 0.25) is 0 Å². The van der Waals surface area contributed by atoms with Crippen LogP contribution < -0.4 is 0 Å². The zero-order chi connectivity index (χ0) is 19.7. The Morgan fingerprint density at radius 2 is 1.93 bits per heavy atom. The van der Waals surface area contributed by atoms with E-state index in [-0.39, 0.29) is 11.5 Å². The molecule has 140 valence electrons. The third-order valence-corrected chi connectivity index (χ3v) is 4.98. The van der Waals surface area contributed by atoms with Gasteiger partial charge in [0, 0.05) is 18.7 Å². The summed E-state index contributed by atoms with van der Waals surface area (Å²) >= 11 is 0. The second-order valence-electron chi connectivity index (χ2n) is 6.89. The Bertz CT molecular complexity index is 1100. The summed E-state index contributed by atoms with van der Waals surface area (Å²) < 4.78 is 19.5. The van der Waals surface area contributed by atoms with Crippen LogP contribution in [0.1, 0.15) is 44.1 Å². The van der Waals surface area contributed by atoms with Crippen molar-refractivity contribution in [2.45, 2.75) is 26.8 Å². The van der Waals surface area contributed by atoms with Crippen molar-refractivity contribution in [1.82, 2.24) is 10.1 Å². The highest BCUT2D eigenvalue weighted by Gasteiger charge is 2.23. The van der Waals surface area contributed by atoms with Gasteiger partial charge in [-0.15, -0.1) is 0 Å². The van der Waals surface area contributed by atoms with E-state index in [1.807, 2.05) is 25.1 Å². The lowest BCUT2D eigenvalue weighted by molar-refractivity contribution is 0.0730. The standard InChI is InChI=1S/C23H19FN2O2/c1-15-20(16(2)28-25-15)9-7-17-8-10-22(24)21(13-17)23(27)26-12-11-18-5-3-4-6-19(18)14-26/h3-6,8,10,13H,11-12,14H2,1-2H3. The molecule has 0 N–H and O–H groups in total. The highest BCUT2D eigenvalue weighted by Crippen LogP contribution is 2.22. The van der Waals surface area contributed by atoms with Crippen molar-refractivity contribution in [3.63, 3.8) is 0 Å². The fourth-order valence-electron chi connectivity index (χ4n) is 3.40. The van der Waals surface area contributed by atoms with Crippen LogP contribution in [0.5, 0.6) is 0 Å². The Morgan fingerprint density at radius 3 is 2.68 bits per heavy atom. The van der Waals surface area contributed by atoms with E-state index in [0.717, 1.165) is 12.0 Å². The summed E-state index contributed by atoms with van der Waals surface area (Å²) in [4.78, 5) is 14.6. The summed E-state index contributed by atoms with van der Waals surface area (Å²) in [7, 11) is 0. The Kier molecular flexibility index (Phi) is 4.70. The molecule has 5 heteroatoms. The highest BCUT2D eigenvalue weighted by atomic mass is 19.1. The molecule has 2 heterocycles. The Labute approximate surface area is 163 Å². The van der Waals surface area contributed by atoms with E-state index in [9.17, 15) is 9.18 Å². The second-order valence-corrected chi connectivity index (χ2v) is 6.89. The van der Waals surface area contributed by atoms with Crippen molar-refractivity contribution in [3.05, 3.63) is 87.6 Å². The van der Waals surface area contributed by atoms with E-state index in [1.54, 1.807) is 17.9 Å². The topological polar surface area (TPSA) is 46.3 Å². The molecule has 0 unspecified atom stereocenters. The number of nitrogens with zero attached hydrogens (tertiary/aromatic N) is 2. The molecule has 0 fully saturated rings. The minimum atomic E-state index is -0.535. The molecule has 1 aliphatic heterocycles. The maximum atomic E-state index is 14.4. The Morgan fingerprint density at radius 1 is 1.14 bits per heavy atom. The van der Waals surface area contributed by atoms with E-state index < -0.39 is 5.82 Å². The molecule has 0 radical (unpaired) electrons. The van der Waals surface area contributed by atoms with Gasteiger partial charge in [0.25, 0.3) is 5.91 Å². The van der Waals surface area contributed by atoms with Crippen molar-refractivity contribution >= 4 is 5.91 Å². The number of amides is 1. The lowest BCUT2D eigenvalue weighted by atomic mass is 9.99. The first-order chi connectivity index (χ1) is 13.5. The number of benzene rings is 2. The predicted molar refractivity (Wildman–Crippen MR) is 103 cm³/mol. The van der Waals surface area contributed by atoms with E-state index in [2.05, 4.69) is 23.1 Å². The molecule has 2 aromatic carbocycles. The van der Waals surface area contributed by atoms with E-state index in [4.69, 9.17) is 4.52 Å². The maximum Gasteiger partial charge on any atom is 0.257 e. The lowest BCUT2D eigenvalue weighted by Gasteiger charge is -2.29. The smallest absolute Gasteiger partial charge is 0.257 e. The van der Waals surface area contributed by atoms with Gasteiger partial charge in [0.15, 0.2) is 0 Å². The van der Waals surface area contributed by atoms with Crippen LogP contribution >= 0.6 is 0 Å². The van der Waals surface area contributed by atoms with E-state index >= 15 is 0 Å². The SMILES string of the molecule is Cc1noc(C)c1C#Cc1ccc(F)c(C(=O)N2CCc3ccccc3C2)c1. The van der Waals surface area contributed by atoms with Gasteiger partial charge in [-0.1, -0.05) is 41.3 Å². The normalized spacial score (nSPS) is 12.9. The predicted octanol–water partition coefficient (Wildman–Crippen LogP) is 4.03. The third kappa shape index (κ3) is 3.41. The number of aromatic nitrogens is 1. The molecule has 0 bridgehead atoms. The summed E-state index contributed by atoms with van der Waals surface area (Å²) in [5.41, 5.74) is 4.38. The molecule has 1 amide bonds. The van der Waals surface area contributed by atoms with Crippen molar-refractivity contribution in [2.24, 2.45) is 0 Å². The number of aryl methyl sites for hydroxylation is 2. The van der Waals surface area contributed by atoms with Gasteiger partial charge in [-0.2, -0.15) is 0 Å². The summed E-state index contributed by atoms with van der Waals surface area (Å²) in [5, 5.41) is 3.87. The highest BCUT2D eigenvalue weighted by molar-refractivity contribution is 5.95. The number of halogens is 1. The van der Waals surface area contributed by atoms with Gasteiger partial charge in [-0.05, 0) is 49.6 Å². The number of carbonyl (C=O) groups excluding carboxylic acids is 1. The maximum absolute atomic E-state index is 14.4. The van der Waals surface area contributed by atoms with Crippen molar-refractivity contribution in [1.29, 1.82) is 0 Å². The van der Waals surface area contributed by atoms with Crippen molar-refractivity contribution in [3.8, 4) is 11.8 Å². The van der Waals surface area contributed by atoms with Crippen LogP contribution in [-0.4, -0.2) is 22.5 Å². The van der Waals surface area contributed by atoms with Gasteiger partial charge < -0.3 is 9.42 Å². The molecule has 4 rings (SSSR count). The molecule has 3 aromatic rings. The van der Waals surface area contributed by atoms with Crippen LogP contribution in [0.4, 0.5) is 4.39 Å². The number of carbonyl (C=O) groups is 1. The van der Waals surface area contributed by atoms with Gasteiger partial charge in [-0.3, -0.25) is 4.79 Å². The molecule has 1 aromatic heterocycles. The quantitative estimate of drug-likeness (QED) is 0.604. The first-order valence-corrected chi connectivity index (χ1v) is 9.13. The number of fused-ring (bicyclic) bond motifs is 1. The summed E-state index contributed by atoms with van der Waals surface area (Å²) in [6, 6.07) is 12.4. The van der Waals surface area contributed by atoms with Gasteiger partial charge >= 0.3 is 0 Å². The average molecular weight is 374 g/mol. The number of rotatable bonds is 1. The van der Waals surface area contributed by atoms with Gasteiger partial charge in [0.1, 0.15) is 11.6 Å². The molecule has 4 nitrogen and oxygen atoms in total. The van der Waals surface area contributed by atoms with Crippen molar-refractivity contribution in [2.75, 3.05) is 6.54 Å². The van der Waals surface area contributed by atoms with Gasteiger partial charge in [0.05, 0.1) is 16.8 Å². The summed E-state index contributed by atoms with van der Waals surface area (Å²) in [6.07, 6.45) is 0.773. The first kappa shape index (κ1) is 18.0. The number of hydrogen-bond acceptors (Lipinski definition) is 3. The van der Waals surface area contributed by atoms with E-state index in [1.165, 1.54) is 17.7 Å². The number of hydrogen-bond donors (Lipinski definition) is 0. The minimum absolute atomic E-state index is 0.0462. The Balaban J connectivity index is 1.61. The molecule has 0 atom stereocenters. The summed E-state index contributed by atoms with van der Waals surface area (Å²) in [5.74, 6) is 5.77. The van der Waals surface area contributed by atoms with Crippen LogP contribution in [0.2, 0.25) is 0 Å². The molecular formula is C23H19FN2O2. The minimum Gasteiger partial charge on any atom is -0.360 e. The fourth-order valence-corrected chi connectivity index (χ4v) is 3.40. The van der Waals surface area contributed by atoms with Gasteiger partial charge in [-0.25, -0.2) is 4.39 Å². The average Bonchev–Trinajstić information content (AvgIpc) is 3.04. The zero-order valence-corrected chi connectivity index (χ0v) is 15.8. The monoisotopic (exact) mass is 374 g/mol. The van der Waals surface area contributed by atoms with Crippen molar-refractivity contribution < 1.29 is 13.7 Å². The third-order valence-electron chi connectivity index (χ3n) is 4.98. The van der Waals surface area contributed by atoms with Crippen LogP contribution in [0.3, 0.4) is 0 Å². The second kappa shape index (κ2) is 7.32. The molecule has 0 spiro atoms. The van der Waals surface area contributed by atoms with Crippen LogP contribution in [0, 0.1) is 31.5 Å². The largest absolute Gasteiger partial charge is 0.360 e. The molecule has 0 saturated carbocycles. The van der Waals surface area contributed by atoms with Crippen LogP contribution in [-0.2, 0) is 13.0 Å². The summed E-state index contributed by atoms with van der Waals surface area (Å²) in [6.45, 7) is 4.67. The fraction of sp³-hybridized carbons (Fsp3) is 0.217. The lowest BCUT2D eigenvalue weighted by Crippen LogP contribution is -2.36. The van der Waals surface area contributed by atoms with E-state index in [0.29, 0.717) is 35.7 Å².